The topological polar surface area (TPSA) is 117 Å². The van der Waals surface area contributed by atoms with Crippen LogP contribution in [-0.4, -0.2) is 97.4 Å². The zero-order chi connectivity index (χ0) is 27.3. The number of carbonyl (C=O) groups excluding carboxylic acids is 1. The quantitative estimate of drug-likeness (QED) is 0.398. The van der Waals surface area contributed by atoms with Crippen LogP contribution < -0.4 is 9.47 Å². The average Bonchev–Trinajstić information content (AvgIpc) is 3.58. The Morgan fingerprint density at radius 3 is 2.45 bits per heavy atom. The van der Waals surface area contributed by atoms with Crippen LogP contribution in [0.3, 0.4) is 0 Å². The number of rotatable bonds is 13. The first-order chi connectivity index (χ1) is 18.2. The normalized spacial score (nSPS) is 24.6. The number of carboxylic acid groups (broad SMARTS) is 1. The summed E-state index contributed by atoms with van der Waals surface area (Å²) in [6.45, 7) is 6.93. The third-order valence-electron chi connectivity index (χ3n) is 7.99. The lowest BCUT2D eigenvalue weighted by Crippen LogP contribution is -2.45. The summed E-state index contributed by atoms with van der Waals surface area (Å²) in [6.07, 6.45) is 4.75. The van der Waals surface area contributed by atoms with Crippen molar-refractivity contribution in [2.45, 2.75) is 64.3 Å². The van der Waals surface area contributed by atoms with Crippen molar-refractivity contribution in [2.75, 3.05) is 51.8 Å². The van der Waals surface area contributed by atoms with Crippen molar-refractivity contribution in [1.82, 2.24) is 14.1 Å². The van der Waals surface area contributed by atoms with Crippen molar-refractivity contribution in [3.05, 3.63) is 23.8 Å². The Hall–Kier alpha value is -2.37. The van der Waals surface area contributed by atoms with Crippen molar-refractivity contribution in [1.29, 1.82) is 0 Å². The second kappa shape index (κ2) is 12.7. The van der Waals surface area contributed by atoms with Gasteiger partial charge in [-0.05, 0) is 43.4 Å². The van der Waals surface area contributed by atoms with Gasteiger partial charge in [0.1, 0.15) is 0 Å². The minimum atomic E-state index is -3.30. The molecule has 3 atom stereocenters. The Morgan fingerprint density at radius 1 is 1.11 bits per heavy atom. The summed E-state index contributed by atoms with van der Waals surface area (Å²) in [4.78, 5) is 30.1. The fourth-order valence-corrected chi connectivity index (χ4v) is 7.43. The highest BCUT2D eigenvalue weighted by molar-refractivity contribution is 7.89. The van der Waals surface area contributed by atoms with Gasteiger partial charge >= 0.3 is 5.97 Å². The third kappa shape index (κ3) is 6.43. The molecule has 1 amide bonds. The molecule has 1 unspecified atom stereocenters. The lowest BCUT2D eigenvalue weighted by molar-refractivity contribution is -0.143. The molecular weight excluding hydrogens is 510 g/mol. The van der Waals surface area contributed by atoms with Crippen LogP contribution in [0.25, 0.3) is 0 Å². The number of amides is 1. The van der Waals surface area contributed by atoms with E-state index in [1.54, 1.807) is 6.07 Å². The van der Waals surface area contributed by atoms with Gasteiger partial charge in [-0.15, -0.1) is 0 Å². The van der Waals surface area contributed by atoms with Gasteiger partial charge in [0.2, 0.25) is 22.7 Å². The first-order valence-electron chi connectivity index (χ1n) is 13.9. The number of nitrogens with zero attached hydrogens (tertiary/aromatic N) is 3. The maximum absolute atomic E-state index is 13.5. The molecule has 1 aromatic carbocycles. The third-order valence-corrected chi connectivity index (χ3v) is 9.95. The lowest BCUT2D eigenvalue weighted by Gasteiger charge is -2.30. The molecule has 1 aromatic rings. The summed E-state index contributed by atoms with van der Waals surface area (Å²) < 4.78 is 37.3. The van der Waals surface area contributed by atoms with Gasteiger partial charge in [0.05, 0.1) is 18.2 Å². The van der Waals surface area contributed by atoms with Gasteiger partial charge in [-0.1, -0.05) is 32.8 Å². The molecule has 1 N–H and O–H groups in total. The minimum Gasteiger partial charge on any atom is -0.481 e. The van der Waals surface area contributed by atoms with E-state index in [1.165, 1.54) is 4.31 Å². The summed E-state index contributed by atoms with van der Waals surface area (Å²) in [5.41, 5.74) is 0.823. The van der Waals surface area contributed by atoms with Gasteiger partial charge in [0, 0.05) is 44.7 Å². The smallest absolute Gasteiger partial charge is 0.308 e. The van der Waals surface area contributed by atoms with Gasteiger partial charge in [0.15, 0.2) is 11.5 Å². The van der Waals surface area contributed by atoms with Gasteiger partial charge in [-0.25, -0.2) is 12.7 Å². The Kier molecular flexibility index (Phi) is 9.54. The molecule has 10 nitrogen and oxygen atoms in total. The second-order valence-electron chi connectivity index (χ2n) is 10.5. The number of aliphatic carboxylic acids is 1. The molecule has 4 rings (SSSR count). The molecule has 0 aromatic heterocycles. The van der Waals surface area contributed by atoms with E-state index < -0.39 is 28.0 Å². The maximum atomic E-state index is 13.5. The number of fused-ring (bicyclic) bond motifs is 1. The van der Waals surface area contributed by atoms with Crippen molar-refractivity contribution in [2.24, 2.45) is 5.92 Å². The van der Waals surface area contributed by atoms with Crippen LogP contribution in [0.2, 0.25) is 0 Å². The standard InChI is InChI=1S/C27H41N3O7S/c1-3-5-11-28(12-6-4-2)25(31)18-29-17-21(20-8-9-23-24(16-20)37-19-36-23)26(27(32)33)22(29)10-14-30-13-7-15-38(30,34)35/h8-9,16,21-22,26H,3-7,10-15,17-19H2,1-2H3,(H,32,33)/t21-,22+,26?/m1/s1. The van der Waals surface area contributed by atoms with E-state index >= 15 is 0 Å². The number of hydrogen-bond acceptors (Lipinski definition) is 7. The molecule has 38 heavy (non-hydrogen) atoms. The van der Waals surface area contributed by atoms with Crippen molar-refractivity contribution >= 4 is 21.9 Å². The number of carboxylic acids is 1. The number of ether oxygens (including phenoxy) is 2. The zero-order valence-corrected chi connectivity index (χ0v) is 23.3. The summed E-state index contributed by atoms with van der Waals surface area (Å²) >= 11 is 0. The number of sulfonamides is 1. The van der Waals surface area contributed by atoms with E-state index in [2.05, 4.69) is 13.8 Å². The average molecular weight is 552 g/mol. The van der Waals surface area contributed by atoms with Gasteiger partial charge in [-0.2, -0.15) is 0 Å². The highest BCUT2D eigenvalue weighted by atomic mass is 32.2. The van der Waals surface area contributed by atoms with Gasteiger partial charge < -0.3 is 19.5 Å². The molecule has 11 heteroatoms. The molecule has 3 aliphatic rings. The van der Waals surface area contributed by atoms with Crippen LogP contribution >= 0.6 is 0 Å². The first-order valence-corrected chi connectivity index (χ1v) is 15.5. The lowest BCUT2D eigenvalue weighted by atomic mass is 9.84. The molecule has 0 saturated carbocycles. The molecule has 0 bridgehead atoms. The molecule has 0 radical (unpaired) electrons. The van der Waals surface area contributed by atoms with E-state index in [1.807, 2.05) is 21.9 Å². The number of benzene rings is 1. The number of carbonyl (C=O) groups is 2. The van der Waals surface area contributed by atoms with Gasteiger partial charge in [-0.3, -0.25) is 14.5 Å². The molecule has 3 aliphatic heterocycles. The monoisotopic (exact) mass is 551 g/mol. The molecule has 212 valence electrons. The summed E-state index contributed by atoms with van der Waals surface area (Å²) in [6, 6.07) is 5.04. The number of likely N-dealkylation sites (tertiary alicyclic amines) is 1. The zero-order valence-electron chi connectivity index (χ0n) is 22.5. The van der Waals surface area contributed by atoms with E-state index in [4.69, 9.17) is 9.47 Å². The van der Waals surface area contributed by atoms with Crippen LogP contribution in [0.1, 0.15) is 63.9 Å². The molecule has 2 saturated heterocycles. The highest BCUT2D eigenvalue weighted by Gasteiger charge is 2.47. The maximum Gasteiger partial charge on any atom is 0.308 e. The van der Waals surface area contributed by atoms with Crippen LogP contribution in [0, 0.1) is 5.92 Å². The first kappa shape index (κ1) is 28.6. The number of unbranched alkanes of at least 4 members (excludes halogenated alkanes) is 2. The van der Waals surface area contributed by atoms with E-state index in [9.17, 15) is 23.1 Å². The van der Waals surface area contributed by atoms with Crippen molar-refractivity contribution in [3.8, 4) is 11.5 Å². The van der Waals surface area contributed by atoms with Crippen LogP contribution in [0.5, 0.6) is 11.5 Å². The fraction of sp³-hybridized carbons (Fsp3) is 0.704. The van der Waals surface area contributed by atoms with Crippen molar-refractivity contribution < 1.29 is 32.6 Å². The summed E-state index contributed by atoms with van der Waals surface area (Å²) in [5.74, 6) is -0.740. The van der Waals surface area contributed by atoms with Crippen LogP contribution in [0.15, 0.2) is 18.2 Å². The van der Waals surface area contributed by atoms with Crippen LogP contribution in [0.4, 0.5) is 0 Å². The predicted octanol–water partition coefficient (Wildman–Crippen LogP) is 2.74. The number of hydrogen-bond donors (Lipinski definition) is 1. The Balaban J connectivity index is 1.59. The molecule has 0 spiro atoms. The Labute approximate surface area is 225 Å². The van der Waals surface area contributed by atoms with E-state index in [0.29, 0.717) is 50.5 Å². The van der Waals surface area contributed by atoms with Crippen molar-refractivity contribution in [3.63, 3.8) is 0 Å². The summed E-state index contributed by atoms with van der Waals surface area (Å²) in [7, 11) is -3.30. The van der Waals surface area contributed by atoms with Gasteiger partial charge in [0.25, 0.3) is 0 Å². The van der Waals surface area contributed by atoms with Crippen LogP contribution in [-0.2, 0) is 19.6 Å². The highest BCUT2D eigenvalue weighted by Crippen LogP contribution is 2.43. The molecule has 2 fully saturated rings. The fourth-order valence-electron chi connectivity index (χ4n) is 5.89. The van der Waals surface area contributed by atoms with E-state index in [0.717, 1.165) is 31.2 Å². The predicted molar refractivity (Wildman–Crippen MR) is 143 cm³/mol. The molecule has 3 heterocycles. The Bertz CT molecular complexity index is 1090. The molecular formula is C27H41N3O7S. The Morgan fingerprint density at radius 2 is 1.82 bits per heavy atom. The molecule has 0 aliphatic carbocycles. The summed E-state index contributed by atoms with van der Waals surface area (Å²) in [5, 5.41) is 10.4. The SMILES string of the molecule is CCCCN(CCCC)C(=O)CN1C[C@H](c2ccc3c(c2)OCO3)C(C(=O)O)[C@@H]1CCN1CCCS1(=O)=O. The largest absolute Gasteiger partial charge is 0.481 e. The van der Waals surface area contributed by atoms with E-state index in [-0.39, 0.29) is 37.5 Å². The minimum absolute atomic E-state index is 0.00108. The second-order valence-corrected chi connectivity index (χ2v) is 12.6.